The van der Waals surface area contributed by atoms with Crippen LogP contribution in [0.25, 0.3) is 0 Å². The van der Waals surface area contributed by atoms with Gasteiger partial charge >= 0.3 is 0 Å². The van der Waals surface area contributed by atoms with Crippen molar-refractivity contribution in [2.24, 2.45) is 11.8 Å². The predicted molar refractivity (Wildman–Crippen MR) is 67.3 cm³/mol. The lowest BCUT2D eigenvalue weighted by molar-refractivity contribution is -0.131. The van der Waals surface area contributed by atoms with E-state index >= 15 is 0 Å². The van der Waals surface area contributed by atoms with E-state index in [9.17, 15) is 4.79 Å². The fraction of sp³-hybridized carbons (Fsp3) is 0.923. The van der Waals surface area contributed by atoms with Crippen molar-refractivity contribution < 1.29 is 4.79 Å². The molecule has 16 heavy (non-hydrogen) atoms. The zero-order valence-electron chi connectivity index (χ0n) is 11.1. The molecule has 2 unspecified atom stereocenters. The van der Waals surface area contributed by atoms with Crippen LogP contribution in [0.15, 0.2) is 0 Å². The van der Waals surface area contributed by atoms with Gasteiger partial charge in [-0.1, -0.05) is 20.8 Å². The Bertz CT molecular complexity index is 228. The summed E-state index contributed by atoms with van der Waals surface area (Å²) in [5, 5.41) is 3.46. The molecule has 1 aliphatic heterocycles. The maximum Gasteiger partial charge on any atom is 0.223 e. The van der Waals surface area contributed by atoms with Crippen molar-refractivity contribution in [1.29, 1.82) is 0 Å². The lowest BCUT2D eigenvalue weighted by Gasteiger charge is -2.31. The molecule has 0 bridgehead atoms. The molecule has 0 aliphatic carbocycles. The highest BCUT2D eigenvalue weighted by Crippen LogP contribution is 2.18. The molecule has 1 amide bonds. The summed E-state index contributed by atoms with van der Waals surface area (Å²) >= 11 is 0. The molecule has 1 saturated heterocycles. The van der Waals surface area contributed by atoms with Gasteiger partial charge in [0, 0.05) is 26.1 Å². The van der Waals surface area contributed by atoms with Gasteiger partial charge in [0.05, 0.1) is 0 Å². The summed E-state index contributed by atoms with van der Waals surface area (Å²) in [4.78, 5) is 13.8. The summed E-state index contributed by atoms with van der Waals surface area (Å²) in [6.07, 6.45) is 3.15. The Hall–Kier alpha value is -0.570. The Morgan fingerprint density at radius 1 is 1.50 bits per heavy atom. The van der Waals surface area contributed by atoms with Crippen molar-refractivity contribution in [2.75, 3.05) is 20.1 Å². The van der Waals surface area contributed by atoms with E-state index in [1.54, 1.807) is 0 Å². The number of nitrogens with one attached hydrogen (secondary N) is 1. The van der Waals surface area contributed by atoms with Crippen LogP contribution in [0.3, 0.4) is 0 Å². The second-order valence-electron chi connectivity index (χ2n) is 5.55. The van der Waals surface area contributed by atoms with E-state index in [-0.39, 0.29) is 5.91 Å². The van der Waals surface area contributed by atoms with Gasteiger partial charge in [-0.2, -0.15) is 0 Å². The highest BCUT2D eigenvalue weighted by atomic mass is 16.2. The fourth-order valence-electron chi connectivity index (χ4n) is 2.38. The number of hydrogen-bond acceptors (Lipinski definition) is 2. The second kappa shape index (κ2) is 6.24. The summed E-state index contributed by atoms with van der Waals surface area (Å²) in [5.41, 5.74) is 0. The molecule has 1 rings (SSSR count). The van der Waals surface area contributed by atoms with Crippen molar-refractivity contribution in [1.82, 2.24) is 10.2 Å². The number of piperidine rings is 1. The Kier molecular flexibility index (Phi) is 5.26. The molecule has 1 aliphatic rings. The van der Waals surface area contributed by atoms with Crippen molar-refractivity contribution in [2.45, 2.75) is 46.1 Å². The number of carbonyl (C=O) groups is 1. The molecule has 0 radical (unpaired) electrons. The van der Waals surface area contributed by atoms with Gasteiger partial charge in [-0.05, 0) is 31.2 Å². The number of hydrogen-bond donors (Lipinski definition) is 1. The standard InChI is InChI=1S/C13H26N2O/c1-10(2)9-15(4)13(16)8-12-11(3)6-5-7-14-12/h10-12,14H,5-9H2,1-4H3. The number of nitrogens with zero attached hydrogens (tertiary/aromatic N) is 1. The first-order chi connectivity index (χ1) is 7.50. The molecular weight excluding hydrogens is 200 g/mol. The van der Waals surface area contributed by atoms with Gasteiger partial charge in [-0.15, -0.1) is 0 Å². The van der Waals surface area contributed by atoms with Crippen LogP contribution in [0.4, 0.5) is 0 Å². The third-order valence-electron chi connectivity index (χ3n) is 3.39. The van der Waals surface area contributed by atoms with Crippen molar-refractivity contribution in [3.63, 3.8) is 0 Å². The highest BCUT2D eigenvalue weighted by Gasteiger charge is 2.24. The van der Waals surface area contributed by atoms with Crippen LogP contribution in [0, 0.1) is 11.8 Å². The predicted octanol–water partition coefficient (Wildman–Crippen LogP) is 1.88. The van der Waals surface area contributed by atoms with Crippen molar-refractivity contribution in [3.05, 3.63) is 0 Å². The Balaban J connectivity index is 2.37. The molecular formula is C13H26N2O. The first-order valence-electron chi connectivity index (χ1n) is 6.48. The molecule has 94 valence electrons. The summed E-state index contributed by atoms with van der Waals surface area (Å²) in [6.45, 7) is 8.46. The molecule has 1 N–H and O–H groups in total. The third kappa shape index (κ3) is 4.12. The van der Waals surface area contributed by atoms with Crippen LogP contribution in [-0.2, 0) is 4.79 Å². The lowest BCUT2D eigenvalue weighted by atomic mass is 9.90. The summed E-state index contributed by atoms with van der Waals surface area (Å²) in [7, 11) is 1.91. The normalized spacial score (nSPS) is 25.8. The summed E-state index contributed by atoms with van der Waals surface area (Å²) in [5.74, 6) is 1.45. The first kappa shape index (κ1) is 13.5. The van der Waals surface area contributed by atoms with Crippen LogP contribution in [0.1, 0.15) is 40.0 Å². The summed E-state index contributed by atoms with van der Waals surface area (Å²) < 4.78 is 0. The van der Waals surface area contributed by atoms with Crippen LogP contribution in [-0.4, -0.2) is 37.0 Å². The van der Waals surface area contributed by atoms with E-state index in [1.165, 1.54) is 12.8 Å². The number of amides is 1. The molecule has 1 heterocycles. The zero-order valence-corrected chi connectivity index (χ0v) is 11.1. The average Bonchev–Trinajstić information content (AvgIpc) is 2.20. The van der Waals surface area contributed by atoms with Crippen LogP contribution in [0.5, 0.6) is 0 Å². The van der Waals surface area contributed by atoms with Crippen LogP contribution in [0.2, 0.25) is 0 Å². The van der Waals surface area contributed by atoms with E-state index in [2.05, 4.69) is 26.1 Å². The highest BCUT2D eigenvalue weighted by molar-refractivity contribution is 5.76. The minimum Gasteiger partial charge on any atom is -0.345 e. The molecule has 3 heteroatoms. The summed E-state index contributed by atoms with van der Waals surface area (Å²) in [6, 6.07) is 0.385. The lowest BCUT2D eigenvalue weighted by Crippen LogP contribution is -2.44. The Labute approximate surface area is 99.6 Å². The van der Waals surface area contributed by atoms with Crippen molar-refractivity contribution in [3.8, 4) is 0 Å². The van der Waals surface area contributed by atoms with E-state index in [0.29, 0.717) is 24.3 Å². The average molecular weight is 226 g/mol. The number of carbonyl (C=O) groups excluding carboxylic acids is 1. The topological polar surface area (TPSA) is 32.3 Å². The van der Waals surface area contributed by atoms with Gasteiger partial charge in [-0.3, -0.25) is 4.79 Å². The molecule has 1 fully saturated rings. The third-order valence-corrected chi connectivity index (χ3v) is 3.39. The maximum atomic E-state index is 12.0. The fourth-order valence-corrected chi connectivity index (χ4v) is 2.38. The molecule has 0 saturated carbocycles. The Morgan fingerprint density at radius 2 is 2.19 bits per heavy atom. The van der Waals surface area contributed by atoms with Gasteiger partial charge in [0.1, 0.15) is 0 Å². The minimum atomic E-state index is 0.278. The van der Waals surface area contributed by atoms with Crippen LogP contribution < -0.4 is 5.32 Å². The van der Waals surface area contributed by atoms with Gasteiger partial charge < -0.3 is 10.2 Å². The quantitative estimate of drug-likeness (QED) is 0.794. The second-order valence-corrected chi connectivity index (χ2v) is 5.55. The van der Waals surface area contributed by atoms with Crippen molar-refractivity contribution >= 4 is 5.91 Å². The molecule has 0 aromatic heterocycles. The molecule has 3 nitrogen and oxygen atoms in total. The van der Waals surface area contributed by atoms with Gasteiger partial charge in [-0.25, -0.2) is 0 Å². The zero-order chi connectivity index (χ0) is 12.1. The largest absolute Gasteiger partial charge is 0.345 e. The molecule has 0 aromatic rings. The first-order valence-corrected chi connectivity index (χ1v) is 6.48. The number of rotatable bonds is 4. The molecule has 0 spiro atoms. The van der Waals surface area contributed by atoms with Crippen LogP contribution >= 0.6 is 0 Å². The SMILES string of the molecule is CC(C)CN(C)C(=O)CC1NCCCC1C. The molecule has 2 atom stereocenters. The molecule has 0 aromatic carbocycles. The van der Waals surface area contributed by atoms with E-state index in [0.717, 1.165) is 13.1 Å². The van der Waals surface area contributed by atoms with Gasteiger partial charge in [0.15, 0.2) is 0 Å². The van der Waals surface area contributed by atoms with E-state index in [1.807, 2.05) is 11.9 Å². The smallest absolute Gasteiger partial charge is 0.223 e. The Morgan fingerprint density at radius 3 is 2.75 bits per heavy atom. The van der Waals surface area contributed by atoms with E-state index in [4.69, 9.17) is 0 Å². The maximum absolute atomic E-state index is 12.0. The van der Waals surface area contributed by atoms with E-state index < -0.39 is 0 Å². The van der Waals surface area contributed by atoms with Gasteiger partial charge in [0.2, 0.25) is 5.91 Å². The monoisotopic (exact) mass is 226 g/mol. The van der Waals surface area contributed by atoms with Gasteiger partial charge in [0.25, 0.3) is 0 Å². The minimum absolute atomic E-state index is 0.278.